The van der Waals surface area contributed by atoms with Crippen molar-refractivity contribution in [1.29, 1.82) is 0 Å². The largest absolute Gasteiger partial charge is 0.343 e. The van der Waals surface area contributed by atoms with Crippen molar-refractivity contribution in [3.63, 3.8) is 0 Å². The SMILES string of the molecule is CC1OC(n2cc(F)c(=O)[nH]c2=O)C=CC1=O. The maximum atomic E-state index is 13.0. The Morgan fingerprint density at radius 3 is 2.76 bits per heavy atom. The predicted molar refractivity (Wildman–Crippen MR) is 55.0 cm³/mol. The standard InChI is InChI=1S/C10H9FN2O4/c1-5-7(14)2-3-8(17-5)13-4-6(11)9(15)12-10(13)16/h2-5,8H,1H3,(H,12,15,16). The van der Waals surface area contributed by atoms with Crippen molar-refractivity contribution in [3.8, 4) is 0 Å². The number of hydrogen-bond donors (Lipinski definition) is 1. The summed E-state index contributed by atoms with van der Waals surface area (Å²) < 4.78 is 19.1. The molecular formula is C10H9FN2O4. The number of H-pyrrole nitrogens is 1. The van der Waals surface area contributed by atoms with Gasteiger partial charge in [-0.2, -0.15) is 4.39 Å². The van der Waals surface area contributed by atoms with Crippen LogP contribution in [0.25, 0.3) is 0 Å². The van der Waals surface area contributed by atoms with Crippen LogP contribution in [0.3, 0.4) is 0 Å². The van der Waals surface area contributed by atoms with E-state index in [1.165, 1.54) is 19.1 Å². The van der Waals surface area contributed by atoms with Crippen molar-refractivity contribution >= 4 is 5.78 Å². The van der Waals surface area contributed by atoms with Gasteiger partial charge < -0.3 is 4.74 Å². The molecule has 0 radical (unpaired) electrons. The summed E-state index contributed by atoms with van der Waals surface area (Å²) in [5.74, 6) is -1.33. The van der Waals surface area contributed by atoms with Crippen LogP contribution in [0.4, 0.5) is 4.39 Å². The van der Waals surface area contributed by atoms with Gasteiger partial charge in [0.1, 0.15) is 6.10 Å². The molecule has 2 rings (SSSR count). The summed E-state index contributed by atoms with van der Waals surface area (Å²) in [7, 11) is 0. The van der Waals surface area contributed by atoms with E-state index in [0.29, 0.717) is 0 Å². The van der Waals surface area contributed by atoms with Crippen molar-refractivity contribution in [1.82, 2.24) is 9.55 Å². The molecule has 1 N–H and O–H groups in total. The number of ether oxygens (including phenoxy) is 1. The number of carbonyl (C=O) groups excluding carboxylic acids is 1. The summed E-state index contributed by atoms with van der Waals surface area (Å²) in [4.78, 5) is 35.2. The van der Waals surface area contributed by atoms with E-state index in [1.54, 1.807) is 0 Å². The zero-order chi connectivity index (χ0) is 12.6. The topological polar surface area (TPSA) is 81.2 Å². The molecule has 0 aromatic carbocycles. The molecule has 1 aliphatic heterocycles. The Morgan fingerprint density at radius 1 is 1.41 bits per heavy atom. The second-order valence-electron chi connectivity index (χ2n) is 3.57. The lowest BCUT2D eigenvalue weighted by Crippen LogP contribution is -2.37. The van der Waals surface area contributed by atoms with Crippen molar-refractivity contribution in [3.05, 3.63) is 45.0 Å². The molecule has 2 heterocycles. The van der Waals surface area contributed by atoms with Gasteiger partial charge >= 0.3 is 5.69 Å². The number of hydrogen-bond acceptors (Lipinski definition) is 4. The molecule has 6 nitrogen and oxygen atoms in total. The third-order valence-electron chi connectivity index (χ3n) is 2.37. The fourth-order valence-corrected chi connectivity index (χ4v) is 1.44. The summed E-state index contributed by atoms with van der Waals surface area (Å²) in [6.07, 6.45) is 1.71. The van der Waals surface area contributed by atoms with Crippen LogP contribution in [0.15, 0.2) is 27.9 Å². The summed E-state index contributed by atoms with van der Waals surface area (Å²) in [5, 5.41) is 0. The van der Waals surface area contributed by atoms with Crippen LogP contribution in [-0.4, -0.2) is 21.4 Å². The van der Waals surface area contributed by atoms with E-state index in [1.807, 2.05) is 4.98 Å². The molecule has 1 aromatic heterocycles. The van der Waals surface area contributed by atoms with Gasteiger partial charge in [-0.1, -0.05) is 0 Å². The first-order chi connectivity index (χ1) is 7.99. The normalized spacial score (nSPS) is 24.0. The first kappa shape index (κ1) is 11.5. The number of nitrogens with one attached hydrogen (secondary N) is 1. The number of carbonyl (C=O) groups is 1. The van der Waals surface area contributed by atoms with E-state index >= 15 is 0 Å². The molecule has 7 heteroatoms. The van der Waals surface area contributed by atoms with E-state index in [4.69, 9.17) is 4.74 Å². The maximum absolute atomic E-state index is 13.0. The highest BCUT2D eigenvalue weighted by atomic mass is 19.1. The Morgan fingerprint density at radius 2 is 2.12 bits per heavy atom. The van der Waals surface area contributed by atoms with Gasteiger partial charge in [-0.25, -0.2) is 4.79 Å². The Kier molecular flexibility index (Phi) is 2.76. The van der Waals surface area contributed by atoms with E-state index in [0.717, 1.165) is 10.8 Å². The van der Waals surface area contributed by atoms with Crippen molar-refractivity contribution in [2.75, 3.05) is 0 Å². The Hall–Kier alpha value is -2.02. The molecule has 1 aliphatic rings. The lowest BCUT2D eigenvalue weighted by atomic mass is 10.2. The van der Waals surface area contributed by atoms with Gasteiger partial charge in [0, 0.05) is 0 Å². The predicted octanol–water partition coefficient (Wildman–Crippen LogP) is -0.282. The molecule has 0 spiro atoms. The fraction of sp³-hybridized carbons (Fsp3) is 0.300. The summed E-state index contributed by atoms with van der Waals surface area (Å²) in [6.45, 7) is 1.52. The minimum atomic E-state index is -1.09. The van der Waals surface area contributed by atoms with Crippen LogP contribution in [0.5, 0.6) is 0 Å². The van der Waals surface area contributed by atoms with Crippen molar-refractivity contribution in [2.45, 2.75) is 19.3 Å². The highest BCUT2D eigenvalue weighted by Crippen LogP contribution is 2.16. The van der Waals surface area contributed by atoms with Crippen LogP contribution in [0.2, 0.25) is 0 Å². The van der Waals surface area contributed by atoms with Crippen molar-refractivity contribution < 1.29 is 13.9 Å². The second-order valence-corrected chi connectivity index (χ2v) is 3.57. The van der Waals surface area contributed by atoms with Crippen LogP contribution in [-0.2, 0) is 9.53 Å². The van der Waals surface area contributed by atoms with E-state index in [2.05, 4.69) is 0 Å². The minimum Gasteiger partial charge on any atom is -0.343 e. The molecule has 2 unspecified atom stereocenters. The van der Waals surface area contributed by atoms with Gasteiger partial charge in [0.25, 0.3) is 5.56 Å². The lowest BCUT2D eigenvalue weighted by molar-refractivity contribution is -0.132. The lowest BCUT2D eigenvalue weighted by Gasteiger charge is -2.23. The first-order valence-corrected chi connectivity index (χ1v) is 4.87. The molecule has 0 saturated heterocycles. The third kappa shape index (κ3) is 2.09. The Balaban J connectivity index is 2.46. The Labute approximate surface area is 94.3 Å². The van der Waals surface area contributed by atoms with Gasteiger partial charge in [-0.05, 0) is 19.1 Å². The zero-order valence-electron chi connectivity index (χ0n) is 8.84. The first-order valence-electron chi connectivity index (χ1n) is 4.87. The number of aromatic nitrogens is 2. The quantitative estimate of drug-likeness (QED) is 0.731. The second kappa shape index (κ2) is 4.10. The van der Waals surface area contributed by atoms with E-state index < -0.39 is 29.4 Å². The third-order valence-corrected chi connectivity index (χ3v) is 2.37. The average Bonchev–Trinajstić information content (AvgIpc) is 2.27. The molecular weight excluding hydrogens is 231 g/mol. The van der Waals surface area contributed by atoms with Crippen LogP contribution in [0.1, 0.15) is 13.2 Å². The Bertz CT molecular complexity index is 601. The smallest absolute Gasteiger partial charge is 0.330 e. The molecule has 17 heavy (non-hydrogen) atoms. The monoisotopic (exact) mass is 240 g/mol. The van der Waals surface area contributed by atoms with Gasteiger partial charge in [0.05, 0.1) is 6.20 Å². The summed E-state index contributed by atoms with van der Waals surface area (Å²) in [5.41, 5.74) is -1.89. The van der Waals surface area contributed by atoms with Gasteiger partial charge in [0.2, 0.25) is 5.82 Å². The molecule has 0 fully saturated rings. The summed E-state index contributed by atoms with van der Waals surface area (Å²) in [6, 6.07) is 0. The molecule has 1 aromatic rings. The number of halogens is 1. The van der Waals surface area contributed by atoms with Gasteiger partial charge in [-0.15, -0.1) is 0 Å². The molecule has 0 saturated carbocycles. The highest BCUT2D eigenvalue weighted by molar-refractivity contribution is 5.93. The average molecular weight is 240 g/mol. The molecule has 0 aliphatic carbocycles. The number of ketones is 1. The molecule has 90 valence electrons. The number of nitrogens with zero attached hydrogens (tertiary/aromatic N) is 1. The maximum Gasteiger partial charge on any atom is 0.330 e. The highest BCUT2D eigenvalue weighted by Gasteiger charge is 2.23. The van der Waals surface area contributed by atoms with Gasteiger partial charge in [-0.3, -0.25) is 19.1 Å². The molecule has 0 amide bonds. The molecule has 2 atom stereocenters. The number of aromatic amines is 1. The summed E-state index contributed by atoms with van der Waals surface area (Å²) >= 11 is 0. The van der Waals surface area contributed by atoms with Crippen LogP contribution >= 0.6 is 0 Å². The fourth-order valence-electron chi connectivity index (χ4n) is 1.44. The van der Waals surface area contributed by atoms with Gasteiger partial charge in [0.15, 0.2) is 12.0 Å². The minimum absolute atomic E-state index is 0.237. The van der Waals surface area contributed by atoms with Crippen LogP contribution in [0, 0.1) is 5.82 Å². The zero-order valence-corrected chi connectivity index (χ0v) is 8.84. The van der Waals surface area contributed by atoms with Crippen LogP contribution < -0.4 is 11.2 Å². The van der Waals surface area contributed by atoms with E-state index in [-0.39, 0.29) is 5.78 Å². The number of rotatable bonds is 1. The molecule has 0 bridgehead atoms. The van der Waals surface area contributed by atoms with Crippen molar-refractivity contribution in [2.24, 2.45) is 0 Å². The van der Waals surface area contributed by atoms with E-state index in [9.17, 15) is 18.8 Å².